The van der Waals surface area contributed by atoms with Crippen molar-refractivity contribution in [1.29, 1.82) is 0 Å². The molecule has 0 saturated carbocycles. The Labute approximate surface area is 327 Å². The van der Waals surface area contributed by atoms with Crippen LogP contribution in [0.25, 0.3) is 0 Å². The molecule has 0 fully saturated rings. The number of fused-ring (bicyclic) bond motifs is 1. The Morgan fingerprint density at radius 1 is 1.00 bits per heavy atom. The lowest BCUT2D eigenvalue weighted by atomic mass is 9.77. The summed E-state index contributed by atoms with van der Waals surface area (Å²) in [6, 6.07) is 15.5. The molecular formula is C39H47N3O9S3. The number of unbranched alkanes of at least 4 members (excludes halogenated alkanes) is 2. The summed E-state index contributed by atoms with van der Waals surface area (Å²) in [5, 5.41) is 24.3. The van der Waals surface area contributed by atoms with E-state index in [0.29, 0.717) is 46.8 Å². The number of carboxylic acid groups (broad SMARTS) is 1. The zero-order chi connectivity index (χ0) is 39.4. The highest BCUT2D eigenvalue weighted by Crippen LogP contribution is 2.51. The summed E-state index contributed by atoms with van der Waals surface area (Å²) in [7, 11) is 0. The molecule has 0 aromatic heterocycles. The van der Waals surface area contributed by atoms with E-state index in [1.54, 1.807) is 17.0 Å². The highest BCUT2D eigenvalue weighted by Gasteiger charge is 2.50. The van der Waals surface area contributed by atoms with E-state index in [1.807, 2.05) is 50.4 Å². The first-order valence-corrected chi connectivity index (χ1v) is 21.5. The first-order valence-electron chi connectivity index (χ1n) is 17.7. The molecule has 15 heteroatoms. The number of nitrogens with zero attached hydrogens (tertiary/aromatic N) is 1. The summed E-state index contributed by atoms with van der Waals surface area (Å²) in [5.41, 5.74) is 0.197. The van der Waals surface area contributed by atoms with E-state index in [4.69, 9.17) is 4.74 Å². The van der Waals surface area contributed by atoms with E-state index >= 15 is 0 Å². The molecule has 0 bridgehead atoms. The predicted octanol–water partition coefficient (Wildman–Crippen LogP) is 6.35. The molecule has 1 unspecified atom stereocenters. The fraction of sp³-hybridized carbons (Fsp3) is 0.410. The minimum atomic E-state index is -1.36. The third-order valence-electron chi connectivity index (χ3n) is 9.08. The summed E-state index contributed by atoms with van der Waals surface area (Å²) >= 11 is 1.04. The summed E-state index contributed by atoms with van der Waals surface area (Å²) in [5.74, 6) is -2.87. The number of hydrogen-bond acceptors (Lipinski definition) is 10. The van der Waals surface area contributed by atoms with Crippen molar-refractivity contribution in [2.24, 2.45) is 5.41 Å². The van der Waals surface area contributed by atoms with Crippen LogP contribution in [0.3, 0.4) is 0 Å². The van der Waals surface area contributed by atoms with E-state index in [9.17, 15) is 38.7 Å². The summed E-state index contributed by atoms with van der Waals surface area (Å²) < 4.78 is 17.7. The number of carbonyl (C=O) groups is 5. The van der Waals surface area contributed by atoms with Crippen molar-refractivity contribution in [3.8, 4) is 11.5 Å². The van der Waals surface area contributed by atoms with Gasteiger partial charge >= 0.3 is 5.97 Å². The van der Waals surface area contributed by atoms with Crippen molar-refractivity contribution < 1.29 is 43.5 Å². The van der Waals surface area contributed by atoms with E-state index in [2.05, 4.69) is 10.6 Å². The van der Waals surface area contributed by atoms with E-state index in [1.165, 1.54) is 42.3 Å². The second kappa shape index (κ2) is 19.9. The molecule has 3 aromatic carbocycles. The molecule has 1 heterocycles. The Kier molecular flexibility index (Phi) is 15.7. The van der Waals surface area contributed by atoms with Crippen molar-refractivity contribution in [3.05, 3.63) is 72.3 Å². The van der Waals surface area contributed by atoms with Crippen molar-refractivity contribution >= 4 is 74.9 Å². The molecule has 1 aliphatic heterocycles. The number of rotatable bonds is 19. The fourth-order valence-electron chi connectivity index (χ4n) is 6.11. The summed E-state index contributed by atoms with van der Waals surface area (Å²) in [4.78, 5) is 70.5. The number of para-hydroxylation sites is 1. The zero-order valence-corrected chi connectivity index (χ0v) is 33.2. The number of amides is 3. The van der Waals surface area contributed by atoms with Crippen molar-refractivity contribution in [2.45, 2.75) is 80.7 Å². The highest BCUT2D eigenvalue weighted by molar-refractivity contribution is 8.14. The van der Waals surface area contributed by atoms with Gasteiger partial charge in [-0.05, 0) is 72.8 Å². The molecule has 3 aromatic rings. The van der Waals surface area contributed by atoms with Gasteiger partial charge in [0.05, 0.1) is 16.8 Å². The van der Waals surface area contributed by atoms with Crippen molar-refractivity contribution in [2.75, 3.05) is 29.8 Å². The standard InChI is InChI=1S/C39H47N3O9S3/c1-5-7-19-39(20-8-6-2)37(48)42(26-12-10-9-11-13-26)29-22-32(52-3)30(23-31(29)53-38(39)49)51-24-33(44)41-34(25-14-16-27(43)17-15-25)35(45)40-28(36(46)47)18-21-54(4)50/h9-17,22-23,28,34,43H,5-8,18-21,24H2,1-4H3,(H,40,45)(H,41,44)(H,46,47)/t28-,34?,54+/m1/s1. The summed E-state index contributed by atoms with van der Waals surface area (Å²) in [6.07, 6.45) is 7.07. The molecule has 12 nitrogen and oxygen atoms in total. The van der Waals surface area contributed by atoms with Gasteiger partial charge in [0.2, 0.25) is 16.9 Å². The van der Waals surface area contributed by atoms with Gasteiger partial charge in [-0.2, -0.15) is 0 Å². The van der Waals surface area contributed by atoms with Crippen molar-refractivity contribution in [3.63, 3.8) is 0 Å². The van der Waals surface area contributed by atoms with E-state index < -0.39 is 53.1 Å². The van der Waals surface area contributed by atoms with Gasteiger partial charge in [-0.25, -0.2) is 4.79 Å². The van der Waals surface area contributed by atoms with Gasteiger partial charge in [0.25, 0.3) is 5.91 Å². The van der Waals surface area contributed by atoms with Crippen LogP contribution >= 0.6 is 23.5 Å². The Bertz CT molecular complexity index is 1780. The quantitative estimate of drug-likeness (QED) is 0.0602. The lowest BCUT2D eigenvalue weighted by molar-refractivity contribution is -0.142. The number of thioether (sulfide) groups is 2. The van der Waals surface area contributed by atoms with Gasteiger partial charge in [0, 0.05) is 17.0 Å². The number of ether oxygens (including phenoxy) is 1. The molecule has 4 N–H and O–H groups in total. The third kappa shape index (κ3) is 10.5. The molecule has 4 rings (SSSR count). The number of benzene rings is 3. The smallest absolute Gasteiger partial charge is 0.326 e. The van der Waals surface area contributed by atoms with Gasteiger partial charge in [0.1, 0.15) is 34.8 Å². The second-order valence-corrected chi connectivity index (χ2v) is 16.4. The number of nitrogens with one attached hydrogen (secondary N) is 2. The Balaban J connectivity index is 1.65. The van der Waals surface area contributed by atoms with Gasteiger partial charge in [-0.1, -0.05) is 81.0 Å². The normalized spacial score (nSPS) is 15.4. The molecular weight excluding hydrogens is 751 g/mol. The lowest BCUT2D eigenvalue weighted by Crippen LogP contribution is -2.48. The first kappa shape index (κ1) is 42.6. The number of phenols is 1. The predicted molar refractivity (Wildman–Crippen MR) is 212 cm³/mol. The van der Waals surface area contributed by atoms with E-state index in [0.717, 1.165) is 24.6 Å². The number of aromatic hydroxyl groups is 1. The third-order valence-corrected chi connectivity index (χ3v) is 11.8. The van der Waals surface area contributed by atoms with E-state index in [-0.39, 0.29) is 40.3 Å². The number of aliphatic carboxylic acids is 1. The topological polar surface area (TPSA) is 185 Å². The Morgan fingerprint density at radius 3 is 2.22 bits per heavy atom. The minimum absolute atomic E-state index is 0.0412. The van der Waals surface area contributed by atoms with Crippen LogP contribution in [0.5, 0.6) is 11.5 Å². The SMILES string of the molecule is CCCCC1(CCCC)C(=O)Sc2cc(OCC(=O)NC(C(=O)N[C@H](CC[S@+](C)[O-])C(=O)O)c3ccc(O)cc3)c(SC)cc2N(c2ccccc2)C1=O. The molecule has 0 radical (unpaired) electrons. The average Bonchev–Trinajstić information content (AvgIpc) is 3.23. The monoisotopic (exact) mass is 797 g/mol. The molecule has 54 heavy (non-hydrogen) atoms. The number of anilines is 2. The van der Waals surface area contributed by atoms with Gasteiger partial charge in [-0.15, -0.1) is 11.8 Å². The second-order valence-electron chi connectivity index (χ2n) is 13.0. The molecule has 0 saturated heterocycles. The first-order chi connectivity index (χ1) is 25.8. The number of hydrogen-bond donors (Lipinski definition) is 4. The molecule has 3 atom stereocenters. The molecule has 1 aliphatic rings. The molecule has 0 aliphatic carbocycles. The van der Waals surface area contributed by atoms with Gasteiger partial charge in [-0.3, -0.25) is 24.1 Å². The van der Waals surface area contributed by atoms with Crippen LogP contribution in [0.1, 0.15) is 70.4 Å². The zero-order valence-electron chi connectivity index (χ0n) is 30.8. The summed E-state index contributed by atoms with van der Waals surface area (Å²) in [6.45, 7) is 3.51. The average molecular weight is 798 g/mol. The highest BCUT2D eigenvalue weighted by atomic mass is 32.2. The van der Waals surface area contributed by atoms with Crippen LogP contribution in [0, 0.1) is 5.41 Å². The number of carboxylic acids is 1. The molecule has 0 spiro atoms. The maximum atomic E-state index is 14.7. The maximum Gasteiger partial charge on any atom is 0.326 e. The van der Waals surface area contributed by atoms with Crippen LogP contribution in [0.2, 0.25) is 0 Å². The number of carbonyl (C=O) groups excluding carboxylic acids is 4. The van der Waals surface area contributed by atoms with Crippen molar-refractivity contribution in [1.82, 2.24) is 10.6 Å². The van der Waals surface area contributed by atoms with Crippen LogP contribution in [-0.2, 0) is 35.1 Å². The number of phenolic OH excluding ortho intramolecular Hbond substituents is 1. The lowest BCUT2D eigenvalue weighted by Gasteiger charge is -2.34. The largest absolute Gasteiger partial charge is 0.617 e. The fourth-order valence-corrected chi connectivity index (χ4v) is 8.33. The van der Waals surface area contributed by atoms with Gasteiger partial charge < -0.3 is 30.1 Å². The van der Waals surface area contributed by atoms with Crippen LogP contribution in [-0.4, -0.2) is 74.5 Å². The Hall–Kier alpha value is -4.18. The molecule has 290 valence electrons. The van der Waals surface area contributed by atoms with Crippen LogP contribution < -0.4 is 20.3 Å². The maximum absolute atomic E-state index is 14.7. The van der Waals surface area contributed by atoms with Crippen LogP contribution in [0.15, 0.2) is 76.5 Å². The molecule has 3 amide bonds. The van der Waals surface area contributed by atoms with Crippen LogP contribution in [0.4, 0.5) is 11.4 Å². The van der Waals surface area contributed by atoms with Gasteiger partial charge in [0.15, 0.2) is 6.61 Å². The Morgan fingerprint density at radius 2 is 1.65 bits per heavy atom. The minimum Gasteiger partial charge on any atom is -0.617 e.